The molecular weight excluding hydrogens is 274 g/mol. The number of carbonyl (C=O) groups excluding carboxylic acids is 1. The highest BCUT2D eigenvalue weighted by molar-refractivity contribution is 5.72. The van der Waals surface area contributed by atoms with Gasteiger partial charge in [0.2, 0.25) is 0 Å². The van der Waals surface area contributed by atoms with Crippen LogP contribution in [0.5, 0.6) is 5.75 Å². The summed E-state index contributed by atoms with van der Waals surface area (Å²) in [5.41, 5.74) is 9.51. The first-order valence-corrected chi connectivity index (χ1v) is 6.95. The molecule has 0 spiro atoms. The quantitative estimate of drug-likeness (QED) is 0.773. The number of primary amides is 1. The molecule has 0 fully saturated rings. The van der Waals surface area contributed by atoms with Crippen molar-refractivity contribution >= 4 is 6.09 Å². The minimum Gasteiger partial charge on any atom is -0.411 e. The van der Waals surface area contributed by atoms with Crippen LogP contribution >= 0.6 is 0 Å². The number of benzene rings is 3. The van der Waals surface area contributed by atoms with E-state index in [1.54, 1.807) is 12.1 Å². The van der Waals surface area contributed by atoms with Gasteiger partial charge in [0.05, 0.1) is 0 Å². The first kappa shape index (κ1) is 13.9. The molecule has 108 valence electrons. The Morgan fingerprint density at radius 1 is 0.636 bits per heavy atom. The maximum absolute atomic E-state index is 10.7. The van der Waals surface area contributed by atoms with E-state index in [2.05, 4.69) is 36.4 Å². The largest absolute Gasteiger partial charge is 0.411 e. The second-order valence-electron chi connectivity index (χ2n) is 4.89. The molecule has 0 heterocycles. The molecule has 0 bridgehead atoms. The molecule has 0 aliphatic carbocycles. The summed E-state index contributed by atoms with van der Waals surface area (Å²) in [6.45, 7) is 0. The summed E-state index contributed by atoms with van der Waals surface area (Å²) in [5.74, 6) is 0.442. The van der Waals surface area contributed by atoms with E-state index >= 15 is 0 Å². The monoisotopic (exact) mass is 289 g/mol. The van der Waals surface area contributed by atoms with Crippen molar-refractivity contribution in [3.8, 4) is 28.0 Å². The Labute approximate surface area is 129 Å². The topological polar surface area (TPSA) is 52.3 Å². The number of hydrogen-bond donors (Lipinski definition) is 1. The Balaban J connectivity index is 1.82. The van der Waals surface area contributed by atoms with Gasteiger partial charge < -0.3 is 10.5 Å². The van der Waals surface area contributed by atoms with Gasteiger partial charge in [-0.1, -0.05) is 66.7 Å². The van der Waals surface area contributed by atoms with Crippen molar-refractivity contribution in [3.05, 3.63) is 78.9 Å². The third kappa shape index (κ3) is 3.15. The Morgan fingerprint density at radius 2 is 1.05 bits per heavy atom. The highest BCUT2D eigenvalue weighted by Gasteiger charge is 2.02. The SMILES string of the molecule is NC(=O)Oc1ccc(-c2ccc(-c3ccccc3)cc2)cc1. The number of ether oxygens (including phenoxy) is 1. The number of nitrogens with two attached hydrogens (primary N) is 1. The summed E-state index contributed by atoms with van der Waals surface area (Å²) in [5, 5.41) is 0. The third-order valence-corrected chi connectivity index (χ3v) is 3.40. The minimum atomic E-state index is -0.806. The van der Waals surface area contributed by atoms with Crippen LogP contribution in [0.4, 0.5) is 4.79 Å². The predicted octanol–water partition coefficient (Wildman–Crippen LogP) is 4.48. The zero-order valence-corrected chi connectivity index (χ0v) is 11.9. The van der Waals surface area contributed by atoms with Crippen molar-refractivity contribution in [3.63, 3.8) is 0 Å². The van der Waals surface area contributed by atoms with Crippen molar-refractivity contribution in [1.29, 1.82) is 0 Å². The maximum Gasteiger partial charge on any atom is 0.409 e. The first-order valence-electron chi connectivity index (χ1n) is 6.95. The van der Waals surface area contributed by atoms with Crippen molar-refractivity contribution in [2.75, 3.05) is 0 Å². The van der Waals surface area contributed by atoms with Crippen LogP contribution < -0.4 is 10.5 Å². The lowest BCUT2D eigenvalue weighted by Gasteiger charge is -2.06. The first-order chi connectivity index (χ1) is 10.7. The molecule has 0 aromatic heterocycles. The van der Waals surface area contributed by atoms with Gasteiger partial charge in [-0.2, -0.15) is 0 Å². The summed E-state index contributed by atoms with van der Waals surface area (Å²) in [7, 11) is 0. The lowest BCUT2D eigenvalue weighted by molar-refractivity contribution is 0.211. The average molecular weight is 289 g/mol. The van der Waals surface area contributed by atoms with E-state index in [4.69, 9.17) is 10.5 Å². The molecule has 3 heteroatoms. The molecule has 0 aliphatic heterocycles. The summed E-state index contributed by atoms with van der Waals surface area (Å²) >= 11 is 0. The molecule has 3 rings (SSSR count). The molecule has 0 unspecified atom stereocenters. The van der Waals surface area contributed by atoms with Crippen molar-refractivity contribution < 1.29 is 9.53 Å². The normalized spacial score (nSPS) is 10.2. The second-order valence-corrected chi connectivity index (χ2v) is 4.89. The van der Waals surface area contributed by atoms with Gasteiger partial charge in [-0.25, -0.2) is 4.79 Å². The van der Waals surface area contributed by atoms with Crippen LogP contribution in [0.25, 0.3) is 22.3 Å². The van der Waals surface area contributed by atoms with E-state index in [1.807, 2.05) is 30.3 Å². The lowest BCUT2D eigenvalue weighted by atomic mass is 10.0. The van der Waals surface area contributed by atoms with E-state index < -0.39 is 6.09 Å². The Hall–Kier alpha value is -3.07. The lowest BCUT2D eigenvalue weighted by Crippen LogP contribution is -2.16. The van der Waals surface area contributed by atoms with Gasteiger partial charge >= 0.3 is 6.09 Å². The molecule has 3 nitrogen and oxygen atoms in total. The van der Waals surface area contributed by atoms with Crippen molar-refractivity contribution in [2.24, 2.45) is 5.73 Å². The molecule has 1 amide bonds. The smallest absolute Gasteiger partial charge is 0.409 e. The molecule has 3 aromatic rings. The Morgan fingerprint density at radius 3 is 1.50 bits per heavy atom. The van der Waals surface area contributed by atoms with Crippen LogP contribution in [-0.4, -0.2) is 6.09 Å². The molecule has 0 aliphatic rings. The minimum absolute atomic E-state index is 0.442. The second kappa shape index (κ2) is 6.14. The van der Waals surface area contributed by atoms with Crippen molar-refractivity contribution in [1.82, 2.24) is 0 Å². The number of rotatable bonds is 3. The van der Waals surface area contributed by atoms with E-state index in [1.165, 1.54) is 11.1 Å². The van der Waals surface area contributed by atoms with Crippen LogP contribution in [-0.2, 0) is 0 Å². The standard InChI is InChI=1S/C19H15NO2/c20-19(21)22-18-12-10-17(11-13-18)16-8-6-15(7-9-16)14-4-2-1-3-5-14/h1-13H,(H2,20,21). The van der Waals surface area contributed by atoms with Crippen LogP contribution in [0.3, 0.4) is 0 Å². The Kier molecular flexibility index (Phi) is 3.88. The molecule has 0 atom stereocenters. The summed E-state index contributed by atoms with van der Waals surface area (Å²) in [6, 6.07) is 25.8. The van der Waals surface area contributed by atoms with Gasteiger partial charge in [-0.3, -0.25) is 0 Å². The zero-order chi connectivity index (χ0) is 15.4. The number of hydrogen-bond acceptors (Lipinski definition) is 2. The fourth-order valence-electron chi connectivity index (χ4n) is 2.32. The highest BCUT2D eigenvalue weighted by atomic mass is 16.5. The van der Waals surface area contributed by atoms with Gasteiger partial charge in [-0.15, -0.1) is 0 Å². The van der Waals surface area contributed by atoms with Crippen LogP contribution in [0.15, 0.2) is 78.9 Å². The van der Waals surface area contributed by atoms with Crippen LogP contribution in [0.2, 0.25) is 0 Å². The maximum atomic E-state index is 10.7. The zero-order valence-electron chi connectivity index (χ0n) is 11.9. The molecular formula is C19H15NO2. The molecule has 0 saturated carbocycles. The van der Waals surface area contributed by atoms with E-state index in [-0.39, 0.29) is 0 Å². The third-order valence-electron chi connectivity index (χ3n) is 3.40. The molecule has 3 aromatic carbocycles. The highest BCUT2D eigenvalue weighted by Crippen LogP contribution is 2.26. The van der Waals surface area contributed by atoms with Gasteiger partial charge in [0, 0.05) is 0 Å². The average Bonchev–Trinajstić information content (AvgIpc) is 2.56. The number of amides is 1. The fraction of sp³-hybridized carbons (Fsp3) is 0. The van der Waals surface area contributed by atoms with Crippen LogP contribution in [0, 0.1) is 0 Å². The molecule has 0 radical (unpaired) electrons. The fourth-order valence-corrected chi connectivity index (χ4v) is 2.32. The predicted molar refractivity (Wildman–Crippen MR) is 87.5 cm³/mol. The van der Waals surface area contributed by atoms with E-state index in [9.17, 15) is 4.79 Å². The van der Waals surface area contributed by atoms with Crippen LogP contribution in [0.1, 0.15) is 0 Å². The Bertz CT molecular complexity index is 763. The van der Waals surface area contributed by atoms with Gasteiger partial charge in [-0.05, 0) is 34.4 Å². The van der Waals surface area contributed by atoms with E-state index in [0.29, 0.717) is 5.75 Å². The van der Waals surface area contributed by atoms with Crippen molar-refractivity contribution in [2.45, 2.75) is 0 Å². The van der Waals surface area contributed by atoms with E-state index in [0.717, 1.165) is 11.1 Å². The molecule has 0 saturated heterocycles. The van der Waals surface area contributed by atoms with Gasteiger partial charge in [0.25, 0.3) is 0 Å². The van der Waals surface area contributed by atoms with Gasteiger partial charge in [0.1, 0.15) is 5.75 Å². The molecule has 2 N–H and O–H groups in total. The number of carbonyl (C=O) groups is 1. The summed E-state index contributed by atoms with van der Waals surface area (Å²) in [4.78, 5) is 10.7. The summed E-state index contributed by atoms with van der Waals surface area (Å²) < 4.78 is 4.82. The molecule has 22 heavy (non-hydrogen) atoms. The van der Waals surface area contributed by atoms with Gasteiger partial charge in [0.15, 0.2) is 0 Å². The summed E-state index contributed by atoms with van der Waals surface area (Å²) in [6.07, 6.45) is -0.806.